The molecule has 0 bridgehead atoms. The van der Waals surface area contributed by atoms with E-state index in [4.69, 9.17) is 26.1 Å². The lowest BCUT2D eigenvalue weighted by Gasteiger charge is -2.18. The lowest BCUT2D eigenvalue weighted by molar-refractivity contribution is 0.0521. The zero-order chi connectivity index (χ0) is 25.2. The number of pyridine rings is 2. The van der Waals surface area contributed by atoms with Gasteiger partial charge in [-0.25, -0.2) is 9.78 Å². The number of benzene rings is 1. The molecule has 4 aromatic rings. The highest BCUT2D eigenvalue weighted by Crippen LogP contribution is 2.19. The van der Waals surface area contributed by atoms with Crippen LogP contribution in [-0.2, 0) is 16.0 Å². The van der Waals surface area contributed by atoms with E-state index in [2.05, 4.69) is 4.99 Å². The van der Waals surface area contributed by atoms with E-state index in [0.717, 1.165) is 12.8 Å². The predicted octanol–water partition coefficient (Wildman–Crippen LogP) is 3.40. The van der Waals surface area contributed by atoms with Crippen LogP contribution in [0.1, 0.15) is 40.5 Å². The number of halogens is 1. The maximum Gasteiger partial charge on any atom is 0.341 e. The summed E-state index contributed by atoms with van der Waals surface area (Å²) in [6, 6.07) is 13.1. The number of carbonyl (C=O) groups excluding carboxylic acids is 2. The average molecular weight is 507 g/mol. The van der Waals surface area contributed by atoms with Crippen molar-refractivity contribution in [2.24, 2.45) is 4.99 Å². The maximum atomic E-state index is 13.4. The van der Waals surface area contributed by atoms with Gasteiger partial charge in [0.15, 0.2) is 5.49 Å². The summed E-state index contributed by atoms with van der Waals surface area (Å²) in [6.45, 7) is 2.63. The van der Waals surface area contributed by atoms with Gasteiger partial charge in [-0.1, -0.05) is 29.8 Å². The first kappa shape index (κ1) is 23.9. The molecule has 9 nitrogen and oxygen atoms in total. The summed E-state index contributed by atoms with van der Waals surface area (Å²) in [5.41, 5.74) is 0.561. The molecule has 0 spiro atoms. The Hall–Kier alpha value is -3.82. The van der Waals surface area contributed by atoms with E-state index < -0.39 is 11.9 Å². The molecule has 10 heteroatoms. The van der Waals surface area contributed by atoms with Gasteiger partial charge in [0.2, 0.25) is 0 Å². The molecular weight excluding hydrogens is 484 g/mol. The molecule has 0 unspecified atom stereocenters. The molecule has 0 saturated carbocycles. The minimum absolute atomic E-state index is 0.0162. The van der Waals surface area contributed by atoms with Crippen molar-refractivity contribution in [2.45, 2.75) is 32.4 Å². The fraction of sp³-hybridized carbons (Fsp3) is 0.269. The Balaban J connectivity index is 1.87. The standard InChI is InChI=1S/C26H23ClN4O5/c1-2-35-26(34)19-14-18-22(28-21-11-5-6-12-30(21)25(18)33)31(15-16-8-7-13-36-16)23(19)29-24(32)17-9-3-4-10-20(17)27/h3-6,9-12,14,16H,2,7-8,13,15H2,1H3/t16-/m0/s1. The number of fused-ring (bicyclic) bond motifs is 2. The molecule has 1 aromatic carbocycles. The van der Waals surface area contributed by atoms with Crippen molar-refractivity contribution in [2.75, 3.05) is 13.2 Å². The Morgan fingerprint density at radius 2 is 2.00 bits per heavy atom. The summed E-state index contributed by atoms with van der Waals surface area (Å²) in [4.78, 5) is 48.8. The third kappa shape index (κ3) is 4.43. The largest absolute Gasteiger partial charge is 0.462 e. The third-order valence-corrected chi connectivity index (χ3v) is 6.34. The van der Waals surface area contributed by atoms with Crippen LogP contribution in [0.3, 0.4) is 0 Å². The molecule has 0 radical (unpaired) electrons. The van der Waals surface area contributed by atoms with Crippen LogP contribution in [0.4, 0.5) is 0 Å². The highest BCUT2D eigenvalue weighted by Gasteiger charge is 2.24. The Kier molecular flexibility index (Phi) is 6.67. The second-order valence-electron chi connectivity index (χ2n) is 8.33. The molecule has 0 aliphatic carbocycles. The van der Waals surface area contributed by atoms with Crippen molar-refractivity contribution in [3.63, 3.8) is 0 Å². The SMILES string of the molecule is CCOC(=O)c1cc2c(=O)n3ccccc3nc2n(C[C@@H]2CCCO2)c1=NC(=O)c1ccccc1Cl. The van der Waals surface area contributed by atoms with Crippen molar-refractivity contribution >= 4 is 40.2 Å². The molecule has 1 fully saturated rings. The fourth-order valence-electron chi connectivity index (χ4n) is 4.31. The fourth-order valence-corrected chi connectivity index (χ4v) is 4.53. The van der Waals surface area contributed by atoms with Crippen LogP contribution in [0.5, 0.6) is 0 Å². The van der Waals surface area contributed by atoms with E-state index >= 15 is 0 Å². The molecule has 5 rings (SSSR count). The van der Waals surface area contributed by atoms with Crippen LogP contribution in [0.25, 0.3) is 16.7 Å². The van der Waals surface area contributed by atoms with E-state index in [0.29, 0.717) is 17.9 Å². The molecule has 1 amide bonds. The maximum absolute atomic E-state index is 13.4. The van der Waals surface area contributed by atoms with Gasteiger partial charge in [0, 0.05) is 12.8 Å². The molecule has 184 valence electrons. The van der Waals surface area contributed by atoms with Crippen molar-refractivity contribution in [3.05, 3.63) is 86.7 Å². The molecule has 1 saturated heterocycles. The van der Waals surface area contributed by atoms with E-state index in [-0.39, 0.29) is 51.8 Å². The number of carbonyl (C=O) groups is 2. The van der Waals surface area contributed by atoms with Crippen molar-refractivity contribution < 1.29 is 19.1 Å². The topological polar surface area (TPSA) is 104 Å². The minimum Gasteiger partial charge on any atom is -0.462 e. The van der Waals surface area contributed by atoms with E-state index in [1.165, 1.54) is 10.5 Å². The Bertz CT molecular complexity index is 1620. The molecule has 1 aliphatic heterocycles. The second kappa shape index (κ2) is 10.0. The van der Waals surface area contributed by atoms with Crippen LogP contribution < -0.4 is 11.0 Å². The minimum atomic E-state index is -0.705. The van der Waals surface area contributed by atoms with Crippen LogP contribution in [-0.4, -0.2) is 45.1 Å². The zero-order valence-electron chi connectivity index (χ0n) is 19.5. The summed E-state index contributed by atoms with van der Waals surface area (Å²) < 4.78 is 14.1. The normalized spacial score (nSPS) is 16.1. The first-order valence-electron chi connectivity index (χ1n) is 11.6. The van der Waals surface area contributed by atoms with Gasteiger partial charge < -0.3 is 14.0 Å². The number of amides is 1. The number of aromatic nitrogens is 3. The van der Waals surface area contributed by atoms with Gasteiger partial charge >= 0.3 is 5.97 Å². The molecule has 3 aromatic heterocycles. The molecular formula is C26H23ClN4O5. The lowest BCUT2D eigenvalue weighted by Crippen LogP contribution is -2.35. The van der Waals surface area contributed by atoms with Gasteiger partial charge in [-0.15, -0.1) is 0 Å². The van der Waals surface area contributed by atoms with Gasteiger partial charge in [0.25, 0.3) is 11.5 Å². The Labute approximate surface area is 210 Å². The predicted molar refractivity (Wildman–Crippen MR) is 133 cm³/mol. The first-order chi connectivity index (χ1) is 17.5. The van der Waals surface area contributed by atoms with E-state index in [1.807, 2.05) is 0 Å². The molecule has 1 atom stereocenters. The smallest absolute Gasteiger partial charge is 0.341 e. The van der Waals surface area contributed by atoms with Crippen molar-refractivity contribution in [1.82, 2.24) is 14.0 Å². The van der Waals surface area contributed by atoms with Crippen molar-refractivity contribution in [1.29, 1.82) is 0 Å². The van der Waals surface area contributed by atoms with E-state index in [1.54, 1.807) is 60.2 Å². The molecule has 0 N–H and O–H groups in total. The monoisotopic (exact) mass is 506 g/mol. The summed E-state index contributed by atoms with van der Waals surface area (Å²) in [7, 11) is 0. The zero-order valence-corrected chi connectivity index (χ0v) is 20.3. The number of esters is 1. The van der Waals surface area contributed by atoms with Gasteiger partial charge in [-0.3, -0.25) is 14.0 Å². The van der Waals surface area contributed by atoms with Gasteiger partial charge in [-0.05, 0) is 50.1 Å². The summed E-state index contributed by atoms with van der Waals surface area (Å²) in [5.74, 6) is -1.34. The molecule has 36 heavy (non-hydrogen) atoms. The quantitative estimate of drug-likeness (QED) is 0.303. The summed E-state index contributed by atoms with van der Waals surface area (Å²) in [6.07, 6.45) is 3.07. The second-order valence-corrected chi connectivity index (χ2v) is 8.73. The Morgan fingerprint density at radius 1 is 1.19 bits per heavy atom. The summed E-state index contributed by atoms with van der Waals surface area (Å²) in [5, 5.41) is 0.432. The van der Waals surface area contributed by atoms with Crippen LogP contribution in [0.2, 0.25) is 5.02 Å². The number of rotatable bonds is 5. The highest BCUT2D eigenvalue weighted by atomic mass is 35.5. The highest BCUT2D eigenvalue weighted by molar-refractivity contribution is 6.33. The van der Waals surface area contributed by atoms with Crippen molar-refractivity contribution in [3.8, 4) is 0 Å². The van der Waals surface area contributed by atoms with Crippen LogP contribution >= 0.6 is 11.6 Å². The third-order valence-electron chi connectivity index (χ3n) is 6.01. The van der Waals surface area contributed by atoms with Crippen LogP contribution in [0, 0.1) is 0 Å². The van der Waals surface area contributed by atoms with E-state index in [9.17, 15) is 14.4 Å². The number of ether oxygens (including phenoxy) is 2. The summed E-state index contributed by atoms with van der Waals surface area (Å²) >= 11 is 6.24. The molecule has 4 heterocycles. The number of nitrogens with zero attached hydrogens (tertiary/aromatic N) is 4. The Morgan fingerprint density at radius 3 is 2.75 bits per heavy atom. The van der Waals surface area contributed by atoms with Crippen LogP contribution in [0.15, 0.2) is 64.5 Å². The van der Waals surface area contributed by atoms with Gasteiger partial charge in [-0.2, -0.15) is 4.99 Å². The molecule has 1 aliphatic rings. The number of hydrogen-bond acceptors (Lipinski definition) is 6. The van der Waals surface area contributed by atoms with Gasteiger partial charge in [0.1, 0.15) is 16.9 Å². The lowest BCUT2D eigenvalue weighted by atomic mass is 10.1. The van der Waals surface area contributed by atoms with Gasteiger partial charge in [0.05, 0.1) is 35.2 Å². The average Bonchev–Trinajstić information content (AvgIpc) is 3.39. The first-order valence-corrected chi connectivity index (χ1v) is 12.0. The number of hydrogen-bond donors (Lipinski definition) is 0.